The zero-order chi connectivity index (χ0) is 13.4. The van der Waals surface area contributed by atoms with Crippen molar-refractivity contribution in [2.24, 2.45) is 5.92 Å². The molecule has 1 rings (SSSR count). The molecule has 0 unspecified atom stereocenters. The van der Waals surface area contributed by atoms with Gasteiger partial charge in [-0.25, -0.2) is 4.39 Å². The molecule has 18 heavy (non-hydrogen) atoms. The molecule has 0 aromatic heterocycles. The third-order valence-corrected chi connectivity index (χ3v) is 3.04. The molecule has 0 aliphatic carbocycles. The van der Waals surface area contributed by atoms with E-state index in [-0.39, 0.29) is 5.82 Å². The number of nitrogens with one attached hydrogen (secondary N) is 1. The largest absolute Gasteiger partial charge is 0.397 e. The van der Waals surface area contributed by atoms with E-state index in [1.54, 1.807) is 6.07 Å². The van der Waals surface area contributed by atoms with Gasteiger partial charge in [-0.2, -0.15) is 0 Å². The Hall–Kier alpha value is -1.25. The molecule has 0 fully saturated rings. The van der Waals surface area contributed by atoms with Crippen LogP contribution in [-0.2, 0) is 0 Å². The summed E-state index contributed by atoms with van der Waals surface area (Å²) in [4.78, 5) is 0. The molecule has 1 aromatic rings. The van der Waals surface area contributed by atoms with E-state index in [4.69, 9.17) is 5.73 Å². The van der Waals surface area contributed by atoms with Gasteiger partial charge < -0.3 is 11.1 Å². The molecule has 0 bridgehead atoms. The average molecular weight is 252 g/mol. The minimum atomic E-state index is -0.247. The minimum Gasteiger partial charge on any atom is -0.397 e. The van der Waals surface area contributed by atoms with Gasteiger partial charge >= 0.3 is 0 Å². The quantitative estimate of drug-likeness (QED) is 0.530. The summed E-state index contributed by atoms with van der Waals surface area (Å²) >= 11 is 0. The van der Waals surface area contributed by atoms with Gasteiger partial charge in [0.15, 0.2) is 0 Å². The summed E-state index contributed by atoms with van der Waals surface area (Å²) in [5, 5.41) is 3.19. The van der Waals surface area contributed by atoms with Crippen molar-refractivity contribution in [1.82, 2.24) is 0 Å². The summed E-state index contributed by atoms with van der Waals surface area (Å²) in [6.45, 7) is 5.37. The fourth-order valence-electron chi connectivity index (χ4n) is 1.94. The van der Waals surface area contributed by atoms with E-state index in [1.165, 1.54) is 37.8 Å². The summed E-state index contributed by atoms with van der Waals surface area (Å²) in [6, 6.07) is 4.43. The van der Waals surface area contributed by atoms with E-state index in [1.807, 2.05) is 0 Å². The molecule has 2 nitrogen and oxygen atoms in total. The number of benzene rings is 1. The number of halogens is 1. The summed E-state index contributed by atoms with van der Waals surface area (Å²) < 4.78 is 13.0. The number of nitrogens with two attached hydrogens (primary N) is 1. The lowest BCUT2D eigenvalue weighted by Gasteiger charge is -2.09. The van der Waals surface area contributed by atoms with E-state index in [2.05, 4.69) is 19.2 Å². The Kier molecular flexibility index (Phi) is 6.55. The molecule has 3 heteroatoms. The molecular weight excluding hydrogens is 227 g/mol. The standard InChI is InChI=1S/C15H25FN2/c1-12(2)7-5-3-4-6-10-18-15-11-13(16)8-9-14(15)17/h8-9,11-12,18H,3-7,10,17H2,1-2H3. The Morgan fingerprint density at radius 2 is 1.89 bits per heavy atom. The Bertz CT molecular complexity index is 350. The number of hydrogen-bond donors (Lipinski definition) is 2. The maximum atomic E-state index is 13.0. The van der Waals surface area contributed by atoms with Crippen molar-refractivity contribution in [3.63, 3.8) is 0 Å². The highest BCUT2D eigenvalue weighted by atomic mass is 19.1. The summed E-state index contributed by atoms with van der Waals surface area (Å²) in [5.41, 5.74) is 7.07. The molecule has 1 aromatic carbocycles. The molecule has 102 valence electrons. The van der Waals surface area contributed by atoms with Crippen molar-refractivity contribution < 1.29 is 4.39 Å². The van der Waals surface area contributed by atoms with Gasteiger partial charge in [0.05, 0.1) is 11.4 Å². The van der Waals surface area contributed by atoms with Crippen LogP contribution in [0.25, 0.3) is 0 Å². The second-order valence-electron chi connectivity index (χ2n) is 5.26. The number of unbranched alkanes of at least 4 members (excludes halogenated alkanes) is 3. The van der Waals surface area contributed by atoms with Gasteiger partial charge in [-0.15, -0.1) is 0 Å². The predicted molar refractivity (Wildman–Crippen MR) is 77.2 cm³/mol. The maximum absolute atomic E-state index is 13.0. The van der Waals surface area contributed by atoms with Crippen LogP contribution in [0.5, 0.6) is 0 Å². The van der Waals surface area contributed by atoms with Crippen LogP contribution in [0.15, 0.2) is 18.2 Å². The lowest BCUT2D eigenvalue weighted by atomic mass is 10.0. The predicted octanol–water partition coefficient (Wildman–Crippen LogP) is 4.43. The minimum absolute atomic E-state index is 0.247. The fourth-order valence-corrected chi connectivity index (χ4v) is 1.94. The van der Waals surface area contributed by atoms with E-state index < -0.39 is 0 Å². The van der Waals surface area contributed by atoms with Crippen LogP contribution >= 0.6 is 0 Å². The molecule has 0 amide bonds. The first kappa shape index (κ1) is 14.8. The zero-order valence-electron chi connectivity index (χ0n) is 11.5. The molecule has 0 aliphatic heterocycles. The maximum Gasteiger partial charge on any atom is 0.125 e. The van der Waals surface area contributed by atoms with E-state index in [0.29, 0.717) is 11.4 Å². The highest BCUT2D eigenvalue weighted by molar-refractivity contribution is 5.65. The van der Waals surface area contributed by atoms with Crippen molar-refractivity contribution in [2.75, 3.05) is 17.6 Å². The van der Waals surface area contributed by atoms with Crippen molar-refractivity contribution in [3.05, 3.63) is 24.0 Å². The normalized spacial score (nSPS) is 10.9. The van der Waals surface area contributed by atoms with Crippen LogP contribution in [0.4, 0.5) is 15.8 Å². The van der Waals surface area contributed by atoms with Gasteiger partial charge in [-0.05, 0) is 30.5 Å². The first-order valence-electron chi connectivity index (χ1n) is 6.88. The molecule has 0 radical (unpaired) electrons. The SMILES string of the molecule is CC(C)CCCCCCNc1cc(F)ccc1N. The Morgan fingerprint density at radius 1 is 1.17 bits per heavy atom. The first-order chi connectivity index (χ1) is 8.59. The Morgan fingerprint density at radius 3 is 2.61 bits per heavy atom. The van der Waals surface area contributed by atoms with Crippen molar-refractivity contribution in [3.8, 4) is 0 Å². The van der Waals surface area contributed by atoms with E-state index in [9.17, 15) is 4.39 Å². The summed E-state index contributed by atoms with van der Waals surface area (Å²) in [6.07, 6.45) is 6.21. The molecule has 0 aliphatic rings. The molecule has 0 atom stereocenters. The Balaban J connectivity index is 2.12. The Labute approximate surface area is 110 Å². The molecule has 0 spiro atoms. The van der Waals surface area contributed by atoms with Crippen LogP contribution in [0.3, 0.4) is 0 Å². The third kappa shape index (κ3) is 5.89. The van der Waals surface area contributed by atoms with Crippen LogP contribution < -0.4 is 11.1 Å². The van der Waals surface area contributed by atoms with Crippen LogP contribution in [0.2, 0.25) is 0 Å². The molecule has 3 N–H and O–H groups in total. The van der Waals surface area contributed by atoms with Crippen LogP contribution in [-0.4, -0.2) is 6.54 Å². The molecule has 0 saturated carbocycles. The summed E-state index contributed by atoms with van der Waals surface area (Å²) in [5.74, 6) is 0.554. The number of hydrogen-bond acceptors (Lipinski definition) is 2. The van der Waals surface area contributed by atoms with E-state index in [0.717, 1.165) is 18.9 Å². The number of nitrogen functional groups attached to an aromatic ring is 1. The van der Waals surface area contributed by atoms with Gasteiger partial charge in [0, 0.05) is 6.54 Å². The highest BCUT2D eigenvalue weighted by Crippen LogP contribution is 2.19. The fraction of sp³-hybridized carbons (Fsp3) is 0.600. The first-order valence-corrected chi connectivity index (χ1v) is 6.88. The van der Waals surface area contributed by atoms with Crippen molar-refractivity contribution in [2.45, 2.75) is 46.0 Å². The lowest BCUT2D eigenvalue weighted by molar-refractivity contribution is 0.523. The second kappa shape index (κ2) is 7.96. The monoisotopic (exact) mass is 252 g/mol. The molecule has 0 heterocycles. The number of anilines is 2. The van der Waals surface area contributed by atoms with Crippen molar-refractivity contribution in [1.29, 1.82) is 0 Å². The van der Waals surface area contributed by atoms with Gasteiger partial charge in [0.1, 0.15) is 5.82 Å². The van der Waals surface area contributed by atoms with E-state index >= 15 is 0 Å². The van der Waals surface area contributed by atoms with Gasteiger partial charge in [-0.3, -0.25) is 0 Å². The molecule has 0 saturated heterocycles. The van der Waals surface area contributed by atoms with Gasteiger partial charge in [-0.1, -0.05) is 39.5 Å². The zero-order valence-corrected chi connectivity index (χ0v) is 11.5. The molecular formula is C15H25FN2. The van der Waals surface area contributed by atoms with Gasteiger partial charge in [0.2, 0.25) is 0 Å². The smallest absolute Gasteiger partial charge is 0.125 e. The van der Waals surface area contributed by atoms with Gasteiger partial charge in [0.25, 0.3) is 0 Å². The number of rotatable bonds is 8. The average Bonchev–Trinajstić information content (AvgIpc) is 2.32. The van der Waals surface area contributed by atoms with Crippen LogP contribution in [0.1, 0.15) is 46.0 Å². The topological polar surface area (TPSA) is 38.0 Å². The highest BCUT2D eigenvalue weighted by Gasteiger charge is 2.00. The second-order valence-corrected chi connectivity index (χ2v) is 5.26. The lowest BCUT2D eigenvalue weighted by Crippen LogP contribution is -2.04. The third-order valence-electron chi connectivity index (χ3n) is 3.04. The summed E-state index contributed by atoms with van der Waals surface area (Å²) in [7, 11) is 0. The van der Waals surface area contributed by atoms with Crippen molar-refractivity contribution >= 4 is 11.4 Å². The van der Waals surface area contributed by atoms with Crippen LogP contribution in [0, 0.1) is 11.7 Å².